The first-order valence-corrected chi connectivity index (χ1v) is 8.65. The second-order valence-electron chi connectivity index (χ2n) is 5.19. The van der Waals surface area contributed by atoms with Crippen LogP contribution in [-0.2, 0) is 0 Å². The molecule has 0 N–H and O–H groups in total. The second kappa shape index (κ2) is 6.19. The Kier molecular flexibility index (Phi) is 4.32. The summed E-state index contributed by atoms with van der Waals surface area (Å²) in [4.78, 5) is 0. The van der Waals surface area contributed by atoms with E-state index in [2.05, 4.69) is 33.2 Å². The average molecular weight is 308 g/mol. The minimum Gasteiger partial charge on any atom is -0.295 e. The predicted molar refractivity (Wildman–Crippen MR) is 85.3 cm³/mol. The van der Waals surface area contributed by atoms with E-state index >= 15 is 0 Å². The maximum atomic E-state index is 6.28. The fourth-order valence-corrected chi connectivity index (χ4v) is 3.92. The van der Waals surface area contributed by atoms with E-state index in [0.717, 1.165) is 29.5 Å². The molecule has 20 heavy (non-hydrogen) atoms. The Morgan fingerprint density at radius 2 is 1.80 bits per heavy atom. The van der Waals surface area contributed by atoms with Crippen LogP contribution in [0.15, 0.2) is 30.3 Å². The Hall–Kier alpha value is -1.00. The molecule has 0 bridgehead atoms. The highest BCUT2D eigenvalue weighted by atomic mass is 35.5. The molecule has 0 atom stereocenters. The Balaban J connectivity index is 1.89. The van der Waals surface area contributed by atoms with E-state index in [9.17, 15) is 0 Å². The Morgan fingerprint density at radius 1 is 1.10 bits per heavy atom. The van der Waals surface area contributed by atoms with Gasteiger partial charge in [-0.15, -0.1) is 10.2 Å². The van der Waals surface area contributed by atoms with Gasteiger partial charge in [-0.25, -0.2) is 0 Å². The van der Waals surface area contributed by atoms with E-state index < -0.39 is 0 Å². The quantitative estimate of drug-likeness (QED) is 0.839. The van der Waals surface area contributed by atoms with Crippen LogP contribution >= 0.6 is 23.4 Å². The molecule has 106 valence electrons. The molecule has 3 rings (SSSR count). The average Bonchev–Trinajstić information content (AvgIpc) is 2.90. The summed E-state index contributed by atoms with van der Waals surface area (Å²) in [7, 11) is 0. The molecule has 0 radical (unpaired) electrons. The fraction of sp³-hybridized carbons (Fsp3) is 0.467. The molecular formula is C15H18ClN3S. The lowest BCUT2D eigenvalue weighted by Crippen LogP contribution is -2.20. The number of benzene rings is 1. The third-order valence-corrected chi connectivity index (χ3v) is 5.42. The highest BCUT2D eigenvalue weighted by Gasteiger charge is 2.26. The summed E-state index contributed by atoms with van der Waals surface area (Å²) in [6.45, 7) is 0. The van der Waals surface area contributed by atoms with Crippen molar-refractivity contribution in [1.82, 2.24) is 14.8 Å². The molecule has 1 aliphatic rings. The molecule has 0 saturated heterocycles. The molecule has 3 nitrogen and oxygen atoms in total. The summed E-state index contributed by atoms with van der Waals surface area (Å²) >= 11 is 8.26. The van der Waals surface area contributed by atoms with Crippen LogP contribution in [0.1, 0.15) is 31.7 Å². The standard InChI is InChI=1S/C15H18ClN3S/c1-20-13-9-7-12(8-10-13)19-14(17-18-15(19)16)11-5-3-2-4-6-11/h2-6,12-13H,7-10H2,1H3. The van der Waals surface area contributed by atoms with E-state index in [0.29, 0.717) is 11.3 Å². The molecule has 5 heteroatoms. The molecule has 1 aliphatic carbocycles. The zero-order valence-corrected chi connectivity index (χ0v) is 13.1. The zero-order chi connectivity index (χ0) is 13.9. The number of halogens is 1. The molecule has 1 aromatic heterocycles. The first-order chi connectivity index (χ1) is 9.79. The van der Waals surface area contributed by atoms with Crippen LogP contribution in [-0.4, -0.2) is 26.3 Å². The highest BCUT2D eigenvalue weighted by Crippen LogP contribution is 2.37. The van der Waals surface area contributed by atoms with Crippen LogP contribution in [0.5, 0.6) is 0 Å². The SMILES string of the molecule is CSC1CCC(n2c(Cl)nnc2-c2ccccc2)CC1. The van der Waals surface area contributed by atoms with Gasteiger partial charge in [0.05, 0.1) is 0 Å². The van der Waals surface area contributed by atoms with Gasteiger partial charge in [0.1, 0.15) is 0 Å². The summed E-state index contributed by atoms with van der Waals surface area (Å²) in [5.74, 6) is 0.892. The van der Waals surface area contributed by atoms with E-state index in [-0.39, 0.29) is 0 Å². The number of hydrogen-bond acceptors (Lipinski definition) is 3. The van der Waals surface area contributed by atoms with Crippen LogP contribution in [0.4, 0.5) is 0 Å². The van der Waals surface area contributed by atoms with Crippen molar-refractivity contribution in [3.8, 4) is 11.4 Å². The summed E-state index contributed by atoms with van der Waals surface area (Å²) in [6, 6.07) is 10.6. The highest BCUT2D eigenvalue weighted by molar-refractivity contribution is 7.99. The molecule has 2 aromatic rings. The lowest BCUT2D eigenvalue weighted by Gasteiger charge is -2.29. The number of hydrogen-bond donors (Lipinski definition) is 0. The Morgan fingerprint density at radius 3 is 2.45 bits per heavy atom. The van der Waals surface area contributed by atoms with Gasteiger partial charge in [-0.2, -0.15) is 11.8 Å². The molecule has 1 heterocycles. The van der Waals surface area contributed by atoms with Gasteiger partial charge < -0.3 is 0 Å². The summed E-state index contributed by atoms with van der Waals surface area (Å²) in [6.07, 6.45) is 7.00. The van der Waals surface area contributed by atoms with Crippen molar-refractivity contribution < 1.29 is 0 Å². The van der Waals surface area contributed by atoms with Crippen molar-refractivity contribution in [1.29, 1.82) is 0 Å². The monoisotopic (exact) mass is 307 g/mol. The van der Waals surface area contributed by atoms with Gasteiger partial charge in [0.15, 0.2) is 5.82 Å². The van der Waals surface area contributed by atoms with Crippen LogP contribution in [0, 0.1) is 0 Å². The molecule has 1 aromatic carbocycles. The van der Waals surface area contributed by atoms with E-state index in [1.54, 1.807) is 0 Å². The van der Waals surface area contributed by atoms with Crippen LogP contribution in [0.25, 0.3) is 11.4 Å². The lowest BCUT2D eigenvalue weighted by atomic mass is 9.94. The molecule has 0 aliphatic heterocycles. The number of thioether (sulfide) groups is 1. The van der Waals surface area contributed by atoms with Gasteiger partial charge in [-0.1, -0.05) is 30.3 Å². The van der Waals surface area contributed by atoms with E-state index in [1.165, 1.54) is 12.8 Å². The third kappa shape index (κ3) is 2.72. The summed E-state index contributed by atoms with van der Waals surface area (Å²) in [5, 5.41) is 9.66. The van der Waals surface area contributed by atoms with Crippen molar-refractivity contribution in [3.05, 3.63) is 35.6 Å². The second-order valence-corrected chi connectivity index (χ2v) is 6.67. The number of nitrogens with zero attached hydrogens (tertiary/aromatic N) is 3. The van der Waals surface area contributed by atoms with Gasteiger partial charge in [-0.05, 0) is 43.5 Å². The van der Waals surface area contributed by atoms with Gasteiger partial charge in [0.25, 0.3) is 0 Å². The largest absolute Gasteiger partial charge is 0.295 e. The fourth-order valence-electron chi connectivity index (χ4n) is 2.92. The lowest BCUT2D eigenvalue weighted by molar-refractivity contribution is 0.362. The van der Waals surface area contributed by atoms with Crippen molar-refractivity contribution in [2.75, 3.05) is 6.26 Å². The predicted octanol–water partition coefficient (Wildman–Crippen LogP) is 4.45. The van der Waals surface area contributed by atoms with Crippen molar-refractivity contribution in [2.45, 2.75) is 37.0 Å². The summed E-state index contributed by atoms with van der Waals surface area (Å²) < 4.78 is 2.12. The topological polar surface area (TPSA) is 30.7 Å². The van der Waals surface area contributed by atoms with Crippen molar-refractivity contribution in [2.24, 2.45) is 0 Å². The maximum Gasteiger partial charge on any atom is 0.225 e. The van der Waals surface area contributed by atoms with E-state index in [4.69, 9.17) is 11.6 Å². The molecule has 0 unspecified atom stereocenters. The normalized spacial score (nSPS) is 22.9. The minimum absolute atomic E-state index is 0.427. The molecule has 1 saturated carbocycles. The van der Waals surface area contributed by atoms with Crippen LogP contribution in [0.2, 0.25) is 5.28 Å². The number of aromatic nitrogens is 3. The Labute approximate surface area is 128 Å². The van der Waals surface area contributed by atoms with Crippen LogP contribution < -0.4 is 0 Å². The smallest absolute Gasteiger partial charge is 0.225 e. The van der Waals surface area contributed by atoms with Gasteiger partial charge in [-0.3, -0.25) is 4.57 Å². The van der Waals surface area contributed by atoms with Gasteiger partial charge in [0, 0.05) is 16.9 Å². The van der Waals surface area contributed by atoms with Crippen LogP contribution in [0.3, 0.4) is 0 Å². The minimum atomic E-state index is 0.427. The third-order valence-electron chi connectivity index (χ3n) is 4.03. The zero-order valence-electron chi connectivity index (χ0n) is 11.5. The molecular weight excluding hydrogens is 290 g/mol. The molecule has 0 amide bonds. The maximum absolute atomic E-state index is 6.28. The molecule has 1 fully saturated rings. The van der Waals surface area contributed by atoms with Gasteiger partial charge >= 0.3 is 0 Å². The van der Waals surface area contributed by atoms with Crippen molar-refractivity contribution in [3.63, 3.8) is 0 Å². The number of rotatable bonds is 3. The van der Waals surface area contributed by atoms with Gasteiger partial charge in [0.2, 0.25) is 5.28 Å². The summed E-state index contributed by atoms with van der Waals surface area (Å²) in [5.41, 5.74) is 1.08. The first-order valence-electron chi connectivity index (χ1n) is 6.98. The molecule has 0 spiro atoms. The first kappa shape index (κ1) is 14.0. The Bertz CT molecular complexity index is 562. The van der Waals surface area contributed by atoms with E-state index in [1.807, 2.05) is 30.0 Å². The van der Waals surface area contributed by atoms with Crippen molar-refractivity contribution >= 4 is 23.4 Å².